The molecular formula is C8H9N7O2. The Morgan fingerprint density at radius 1 is 1.24 bits per heavy atom. The molecule has 0 saturated carbocycles. The highest BCUT2D eigenvalue weighted by molar-refractivity contribution is 6.04. The lowest BCUT2D eigenvalue weighted by Gasteiger charge is -2.02. The highest BCUT2D eigenvalue weighted by Crippen LogP contribution is 2.07. The number of hydrogen-bond acceptors (Lipinski definition) is 8. The number of nitrogens with one attached hydrogen (secondary N) is 1. The molecule has 2 aromatic heterocycles. The van der Waals surface area contributed by atoms with Crippen molar-refractivity contribution in [2.24, 2.45) is 0 Å². The minimum Gasteiger partial charge on any atom is -0.379 e. The molecule has 0 spiro atoms. The third kappa shape index (κ3) is 2.17. The van der Waals surface area contributed by atoms with Gasteiger partial charge >= 0.3 is 0 Å². The van der Waals surface area contributed by atoms with Gasteiger partial charge in [0.15, 0.2) is 0 Å². The van der Waals surface area contributed by atoms with Crippen LogP contribution in [-0.4, -0.2) is 31.4 Å². The molecule has 2 rings (SSSR count). The smallest absolute Gasteiger partial charge is 0.284 e. The van der Waals surface area contributed by atoms with E-state index < -0.39 is 5.91 Å². The second kappa shape index (κ2) is 4.12. The lowest BCUT2D eigenvalue weighted by Crippen LogP contribution is -2.17. The molecule has 17 heavy (non-hydrogen) atoms. The number of anilines is 2. The predicted octanol–water partition coefficient (Wildman–Crippen LogP) is -0.294. The second-order valence-corrected chi connectivity index (χ2v) is 3.26. The average Bonchev–Trinajstić information content (AvgIpc) is 2.70. The normalized spacial score (nSPS) is 10.2. The summed E-state index contributed by atoms with van der Waals surface area (Å²) in [7, 11) is 0. The SMILES string of the molecule is Cc1nnc(NC(=O)c2nonc2N)nc1C. The summed E-state index contributed by atoms with van der Waals surface area (Å²) in [6, 6.07) is 0. The van der Waals surface area contributed by atoms with Crippen LogP contribution in [0.2, 0.25) is 0 Å². The minimum atomic E-state index is -0.603. The molecule has 9 nitrogen and oxygen atoms in total. The molecular weight excluding hydrogens is 226 g/mol. The highest BCUT2D eigenvalue weighted by atomic mass is 16.6. The number of nitrogen functional groups attached to an aromatic ring is 1. The third-order valence-corrected chi connectivity index (χ3v) is 2.05. The predicted molar refractivity (Wildman–Crippen MR) is 56.0 cm³/mol. The number of carbonyl (C=O) groups is 1. The van der Waals surface area contributed by atoms with E-state index in [1.807, 2.05) is 0 Å². The molecule has 0 aliphatic heterocycles. The average molecular weight is 235 g/mol. The van der Waals surface area contributed by atoms with Crippen LogP contribution in [0.25, 0.3) is 0 Å². The fourth-order valence-electron chi connectivity index (χ4n) is 1.02. The Hall–Kier alpha value is -2.58. The molecule has 1 amide bonds. The first-order valence-corrected chi connectivity index (χ1v) is 4.65. The summed E-state index contributed by atoms with van der Waals surface area (Å²) in [5.74, 6) is -0.631. The van der Waals surface area contributed by atoms with Gasteiger partial charge in [0.2, 0.25) is 17.5 Å². The van der Waals surface area contributed by atoms with E-state index in [0.29, 0.717) is 11.4 Å². The molecule has 2 aromatic rings. The van der Waals surface area contributed by atoms with Crippen LogP contribution in [0.1, 0.15) is 21.9 Å². The maximum absolute atomic E-state index is 11.6. The van der Waals surface area contributed by atoms with E-state index in [-0.39, 0.29) is 17.5 Å². The molecule has 88 valence electrons. The molecule has 0 radical (unpaired) electrons. The number of aryl methyl sites for hydroxylation is 2. The highest BCUT2D eigenvalue weighted by Gasteiger charge is 2.17. The van der Waals surface area contributed by atoms with Crippen molar-refractivity contribution in [2.75, 3.05) is 11.1 Å². The van der Waals surface area contributed by atoms with Crippen molar-refractivity contribution in [1.82, 2.24) is 25.5 Å². The summed E-state index contributed by atoms with van der Waals surface area (Å²) < 4.78 is 4.30. The van der Waals surface area contributed by atoms with Crippen molar-refractivity contribution in [1.29, 1.82) is 0 Å². The molecule has 3 N–H and O–H groups in total. The zero-order valence-electron chi connectivity index (χ0n) is 9.13. The van der Waals surface area contributed by atoms with Gasteiger partial charge in [-0.3, -0.25) is 10.1 Å². The Labute approximate surface area is 95.4 Å². The number of aromatic nitrogens is 5. The van der Waals surface area contributed by atoms with Crippen LogP contribution >= 0.6 is 0 Å². The van der Waals surface area contributed by atoms with E-state index in [4.69, 9.17) is 5.73 Å². The van der Waals surface area contributed by atoms with E-state index in [1.165, 1.54) is 0 Å². The van der Waals surface area contributed by atoms with E-state index >= 15 is 0 Å². The molecule has 0 bridgehead atoms. The number of nitrogens with two attached hydrogens (primary N) is 1. The molecule has 0 atom stereocenters. The van der Waals surface area contributed by atoms with Crippen LogP contribution < -0.4 is 11.1 Å². The second-order valence-electron chi connectivity index (χ2n) is 3.26. The third-order valence-electron chi connectivity index (χ3n) is 2.05. The van der Waals surface area contributed by atoms with Gasteiger partial charge in [-0.15, -0.1) is 5.10 Å². The standard InChI is InChI=1S/C8H9N7O2/c1-3-4(2)12-13-8(10-3)11-7(16)5-6(9)15-17-14-5/h1-2H3,(H2,9,15)(H,10,11,13,16). The zero-order valence-corrected chi connectivity index (χ0v) is 9.13. The fraction of sp³-hybridized carbons (Fsp3) is 0.250. The minimum absolute atomic E-state index is 0.0699. The molecule has 9 heteroatoms. The maximum atomic E-state index is 11.6. The van der Waals surface area contributed by atoms with E-state index in [1.54, 1.807) is 13.8 Å². The van der Waals surface area contributed by atoms with Crippen LogP contribution in [-0.2, 0) is 0 Å². The Morgan fingerprint density at radius 2 is 2.00 bits per heavy atom. The van der Waals surface area contributed by atoms with Crippen LogP contribution in [0.5, 0.6) is 0 Å². The lowest BCUT2D eigenvalue weighted by atomic mass is 10.4. The van der Waals surface area contributed by atoms with Crippen LogP contribution in [0, 0.1) is 13.8 Å². The number of hydrogen-bond donors (Lipinski definition) is 2. The van der Waals surface area contributed by atoms with E-state index in [9.17, 15) is 4.79 Å². The van der Waals surface area contributed by atoms with E-state index in [2.05, 4.69) is 35.4 Å². The fourth-order valence-corrected chi connectivity index (χ4v) is 1.02. The zero-order chi connectivity index (χ0) is 12.4. The summed E-state index contributed by atoms with van der Waals surface area (Å²) in [5.41, 5.74) is 6.60. The quantitative estimate of drug-likeness (QED) is 0.725. The first kappa shape index (κ1) is 10.9. The molecule has 2 heterocycles. The van der Waals surface area contributed by atoms with E-state index in [0.717, 1.165) is 0 Å². The topological polar surface area (TPSA) is 133 Å². The summed E-state index contributed by atoms with van der Waals surface area (Å²) in [6.45, 7) is 3.52. The largest absolute Gasteiger partial charge is 0.379 e. The van der Waals surface area contributed by atoms with Gasteiger partial charge in [-0.2, -0.15) is 5.10 Å². The Kier molecular flexibility index (Phi) is 2.65. The molecule has 0 aliphatic carbocycles. The van der Waals surface area contributed by atoms with Crippen molar-refractivity contribution >= 4 is 17.7 Å². The van der Waals surface area contributed by atoms with Gasteiger partial charge in [0.25, 0.3) is 5.91 Å². The number of amides is 1. The van der Waals surface area contributed by atoms with Gasteiger partial charge < -0.3 is 5.73 Å². The summed E-state index contributed by atoms with van der Waals surface area (Å²) in [5, 5.41) is 16.5. The Bertz CT molecular complexity index is 565. The van der Waals surface area contributed by atoms with Crippen molar-refractivity contribution in [3.63, 3.8) is 0 Å². The Morgan fingerprint density at radius 3 is 2.59 bits per heavy atom. The number of nitrogens with zero attached hydrogens (tertiary/aromatic N) is 5. The van der Waals surface area contributed by atoms with Gasteiger partial charge in [0.05, 0.1) is 11.4 Å². The summed E-state index contributed by atoms with van der Waals surface area (Å²) in [6.07, 6.45) is 0. The van der Waals surface area contributed by atoms with Gasteiger partial charge in [0.1, 0.15) is 0 Å². The number of rotatable bonds is 2. The summed E-state index contributed by atoms with van der Waals surface area (Å²) in [4.78, 5) is 15.7. The first-order valence-electron chi connectivity index (χ1n) is 4.65. The molecule has 0 unspecified atom stereocenters. The van der Waals surface area contributed by atoms with Crippen molar-refractivity contribution in [3.05, 3.63) is 17.1 Å². The monoisotopic (exact) mass is 235 g/mol. The van der Waals surface area contributed by atoms with Gasteiger partial charge in [-0.05, 0) is 24.2 Å². The maximum Gasteiger partial charge on any atom is 0.284 e. The van der Waals surface area contributed by atoms with Crippen LogP contribution in [0.3, 0.4) is 0 Å². The van der Waals surface area contributed by atoms with Gasteiger partial charge in [-0.1, -0.05) is 0 Å². The molecule has 0 fully saturated rings. The lowest BCUT2D eigenvalue weighted by molar-refractivity contribution is 0.101. The molecule has 0 saturated heterocycles. The van der Waals surface area contributed by atoms with Crippen LogP contribution in [0.15, 0.2) is 4.63 Å². The van der Waals surface area contributed by atoms with Crippen LogP contribution in [0.4, 0.5) is 11.8 Å². The molecule has 0 aliphatic rings. The first-order chi connectivity index (χ1) is 8.08. The van der Waals surface area contributed by atoms with Gasteiger partial charge in [-0.25, -0.2) is 9.61 Å². The van der Waals surface area contributed by atoms with Crippen molar-refractivity contribution < 1.29 is 9.42 Å². The van der Waals surface area contributed by atoms with Crippen molar-refractivity contribution in [3.8, 4) is 0 Å². The van der Waals surface area contributed by atoms with Gasteiger partial charge in [0, 0.05) is 0 Å². The van der Waals surface area contributed by atoms with Crippen molar-refractivity contribution in [2.45, 2.75) is 13.8 Å². The molecule has 0 aromatic carbocycles. The Balaban J connectivity index is 2.19. The number of carbonyl (C=O) groups excluding carboxylic acids is 1. The summed E-state index contributed by atoms with van der Waals surface area (Å²) >= 11 is 0.